The molecule has 0 saturated carbocycles. The van der Waals surface area contributed by atoms with Gasteiger partial charge in [-0.2, -0.15) is 0 Å². The van der Waals surface area contributed by atoms with Crippen molar-refractivity contribution in [3.8, 4) is 5.75 Å². The van der Waals surface area contributed by atoms with Gasteiger partial charge in [-0.3, -0.25) is 0 Å². The van der Waals surface area contributed by atoms with Gasteiger partial charge in [-0.05, 0) is 12.1 Å². The predicted octanol–water partition coefficient (Wildman–Crippen LogP) is 2.65. The first kappa shape index (κ1) is 15.4. The van der Waals surface area contributed by atoms with Crippen LogP contribution in [0.5, 0.6) is 5.75 Å². The Balaban J connectivity index is 1.83. The van der Waals surface area contributed by atoms with Gasteiger partial charge in [-0.25, -0.2) is 0 Å². The number of aryl methyl sites for hydroxylation is 1. The van der Waals surface area contributed by atoms with E-state index in [4.69, 9.17) is 27.9 Å². The van der Waals surface area contributed by atoms with Crippen LogP contribution in [0.1, 0.15) is 0 Å². The molecule has 5 nitrogen and oxygen atoms in total. The number of nitrogens with zero attached hydrogens (tertiary/aromatic N) is 3. The predicted molar refractivity (Wildman–Crippen MR) is 79.7 cm³/mol. The molecule has 0 aliphatic carbocycles. The maximum Gasteiger partial charge on any atom is 0.190 e. The Bertz CT molecular complexity index is 559. The second-order valence-corrected chi connectivity index (χ2v) is 5.85. The summed E-state index contributed by atoms with van der Waals surface area (Å²) < 4.78 is 7.24. The van der Waals surface area contributed by atoms with Crippen LogP contribution < -0.4 is 4.74 Å². The zero-order valence-electron chi connectivity index (χ0n) is 10.7. The van der Waals surface area contributed by atoms with Gasteiger partial charge < -0.3 is 14.4 Å². The lowest BCUT2D eigenvalue weighted by Gasteiger charge is -2.13. The van der Waals surface area contributed by atoms with Gasteiger partial charge in [0.1, 0.15) is 12.9 Å². The SMILES string of the molecule is Cn1cnnc1SCC(O)COc1c(Cl)cccc1Cl. The average molecular weight is 334 g/mol. The van der Waals surface area contributed by atoms with Gasteiger partial charge in [0.25, 0.3) is 0 Å². The number of halogens is 2. The molecule has 0 bridgehead atoms. The zero-order valence-corrected chi connectivity index (χ0v) is 13.0. The van der Waals surface area contributed by atoms with E-state index < -0.39 is 6.10 Å². The van der Waals surface area contributed by atoms with Gasteiger partial charge >= 0.3 is 0 Å². The molecule has 1 aromatic heterocycles. The summed E-state index contributed by atoms with van der Waals surface area (Å²) in [6.45, 7) is 0.105. The van der Waals surface area contributed by atoms with Crippen LogP contribution in [0, 0.1) is 0 Å². The molecule has 0 saturated heterocycles. The number of ether oxygens (including phenoxy) is 1. The van der Waals surface area contributed by atoms with Crippen LogP contribution in [-0.2, 0) is 7.05 Å². The molecule has 1 atom stereocenters. The van der Waals surface area contributed by atoms with Crippen LogP contribution in [0.3, 0.4) is 0 Å². The maximum atomic E-state index is 9.89. The number of para-hydroxylation sites is 1. The Kier molecular flexibility index (Phi) is 5.54. The molecule has 20 heavy (non-hydrogen) atoms. The molecule has 0 aliphatic rings. The van der Waals surface area contributed by atoms with Crippen molar-refractivity contribution in [2.75, 3.05) is 12.4 Å². The first-order valence-electron chi connectivity index (χ1n) is 5.79. The highest BCUT2D eigenvalue weighted by atomic mass is 35.5. The molecular formula is C12H13Cl2N3O2S. The number of rotatable bonds is 6. The third-order valence-corrected chi connectivity index (χ3v) is 4.19. The largest absolute Gasteiger partial charge is 0.488 e. The molecule has 1 heterocycles. The summed E-state index contributed by atoms with van der Waals surface area (Å²) in [6, 6.07) is 5.10. The van der Waals surface area contributed by atoms with Crippen molar-refractivity contribution >= 4 is 35.0 Å². The standard InChI is InChI=1S/C12H13Cl2N3O2S/c1-17-7-15-16-12(17)20-6-8(18)5-19-11-9(13)3-2-4-10(11)14/h2-4,7-8,18H,5-6H2,1H3. The Morgan fingerprint density at radius 3 is 2.70 bits per heavy atom. The third kappa shape index (κ3) is 4.02. The lowest BCUT2D eigenvalue weighted by Crippen LogP contribution is -2.20. The van der Waals surface area contributed by atoms with Crippen molar-refractivity contribution in [3.63, 3.8) is 0 Å². The van der Waals surface area contributed by atoms with Crippen molar-refractivity contribution in [1.82, 2.24) is 14.8 Å². The van der Waals surface area contributed by atoms with Gasteiger partial charge in [0.2, 0.25) is 0 Å². The maximum absolute atomic E-state index is 9.89. The number of aromatic nitrogens is 3. The molecule has 8 heteroatoms. The monoisotopic (exact) mass is 333 g/mol. The summed E-state index contributed by atoms with van der Waals surface area (Å²) in [6.07, 6.45) is 0.943. The molecule has 0 aliphatic heterocycles. The van der Waals surface area contributed by atoms with Crippen LogP contribution in [0.4, 0.5) is 0 Å². The number of thioether (sulfide) groups is 1. The van der Waals surface area contributed by atoms with E-state index in [1.807, 2.05) is 7.05 Å². The van der Waals surface area contributed by atoms with E-state index in [1.165, 1.54) is 11.8 Å². The quantitative estimate of drug-likeness (QED) is 0.823. The summed E-state index contributed by atoms with van der Waals surface area (Å²) in [5, 5.41) is 19.1. The minimum Gasteiger partial charge on any atom is -0.488 e. The summed E-state index contributed by atoms with van der Waals surface area (Å²) in [7, 11) is 1.84. The fourth-order valence-electron chi connectivity index (χ4n) is 1.42. The van der Waals surface area contributed by atoms with Crippen LogP contribution in [0.15, 0.2) is 29.7 Å². The normalized spacial score (nSPS) is 12.4. The van der Waals surface area contributed by atoms with Crippen molar-refractivity contribution in [1.29, 1.82) is 0 Å². The highest BCUT2D eigenvalue weighted by Gasteiger charge is 2.12. The molecular weight excluding hydrogens is 321 g/mol. The first-order chi connectivity index (χ1) is 9.58. The number of aliphatic hydroxyl groups is 1. The lowest BCUT2D eigenvalue weighted by molar-refractivity contribution is 0.126. The van der Waals surface area contributed by atoms with Crippen LogP contribution in [0.25, 0.3) is 0 Å². The first-order valence-corrected chi connectivity index (χ1v) is 7.53. The zero-order chi connectivity index (χ0) is 14.5. The third-order valence-electron chi connectivity index (χ3n) is 2.41. The highest BCUT2D eigenvalue weighted by Crippen LogP contribution is 2.32. The van der Waals surface area contributed by atoms with E-state index in [-0.39, 0.29) is 6.61 Å². The Hall–Kier alpha value is -0.950. The average Bonchev–Trinajstić information content (AvgIpc) is 2.81. The number of hydrogen-bond donors (Lipinski definition) is 1. The minimum absolute atomic E-state index is 0.105. The van der Waals surface area contributed by atoms with Crippen LogP contribution >= 0.6 is 35.0 Å². The molecule has 0 radical (unpaired) electrons. The van der Waals surface area contributed by atoms with Crippen molar-refractivity contribution in [2.45, 2.75) is 11.3 Å². The summed E-state index contributed by atoms with van der Waals surface area (Å²) in [5.41, 5.74) is 0. The van der Waals surface area contributed by atoms with Gasteiger partial charge in [-0.15, -0.1) is 10.2 Å². The summed E-state index contributed by atoms with van der Waals surface area (Å²) >= 11 is 13.3. The second-order valence-electron chi connectivity index (χ2n) is 4.05. The topological polar surface area (TPSA) is 60.2 Å². The van der Waals surface area contributed by atoms with Gasteiger partial charge in [0.15, 0.2) is 10.9 Å². The highest BCUT2D eigenvalue weighted by molar-refractivity contribution is 7.99. The molecule has 0 fully saturated rings. The smallest absolute Gasteiger partial charge is 0.190 e. The van der Waals surface area contributed by atoms with E-state index in [9.17, 15) is 5.11 Å². The number of hydrogen-bond acceptors (Lipinski definition) is 5. The summed E-state index contributed by atoms with van der Waals surface area (Å²) in [4.78, 5) is 0. The molecule has 1 N–H and O–H groups in total. The fourth-order valence-corrected chi connectivity index (χ4v) is 2.72. The lowest BCUT2D eigenvalue weighted by atomic mass is 10.3. The van der Waals surface area contributed by atoms with Gasteiger partial charge in [0.05, 0.1) is 16.1 Å². The van der Waals surface area contributed by atoms with Crippen LogP contribution in [0.2, 0.25) is 10.0 Å². The molecule has 2 rings (SSSR count). The number of aliphatic hydroxyl groups excluding tert-OH is 1. The molecule has 0 amide bonds. The van der Waals surface area contributed by atoms with E-state index in [0.717, 1.165) is 5.16 Å². The molecule has 1 aromatic carbocycles. The van der Waals surface area contributed by atoms with Crippen molar-refractivity contribution < 1.29 is 9.84 Å². The number of benzene rings is 1. The van der Waals surface area contributed by atoms with Gasteiger partial charge in [0, 0.05) is 12.8 Å². The second kappa shape index (κ2) is 7.17. The molecule has 108 valence electrons. The Morgan fingerprint density at radius 1 is 1.40 bits per heavy atom. The summed E-state index contributed by atoms with van der Waals surface area (Å²) in [5.74, 6) is 0.827. The van der Waals surface area contributed by atoms with E-state index in [2.05, 4.69) is 10.2 Å². The van der Waals surface area contributed by atoms with Gasteiger partial charge in [-0.1, -0.05) is 41.0 Å². The minimum atomic E-state index is -0.663. The Labute approximate surface area is 130 Å². The van der Waals surface area contributed by atoms with Crippen LogP contribution in [-0.4, -0.2) is 38.3 Å². The van der Waals surface area contributed by atoms with E-state index in [1.54, 1.807) is 29.1 Å². The van der Waals surface area contributed by atoms with E-state index >= 15 is 0 Å². The van der Waals surface area contributed by atoms with Crippen molar-refractivity contribution in [3.05, 3.63) is 34.6 Å². The molecule has 1 unspecified atom stereocenters. The Morgan fingerprint density at radius 2 is 2.10 bits per heavy atom. The van der Waals surface area contributed by atoms with E-state index in [0.29, 0.717) is 21.5 Å². The fraction of sp³-hybridized carbons (Fsp3) is 0.333. The van der Waals surface area contributed by atoms with Crippen molar-refractivity contribution in [2.24, 2.45) is 7.05 Å². The molecule has 0 spiro atoms. The molecule has 2 aromatic rings.